The van der Waals surface area contributed by atoms with Crippen molar-refractivity contribution in [2.45, 2.75) is 26.0 Å². The Bertz CT molecular complexity index is 788. The highest BCUT2D eigenvalue weighted by Crippen LogP contribution is 2.25. The Balaban J connectivity index is 1.41. The average molecular weight is 387 g/mol. The molecule has 2 aromatic rings. The number of benzene rings is 1. The van der Waals surface area contributed by atoms with Gasteiger partial charge in [-0.15, -0.1) is 11.3 Å². The van der Waals surface area contributed by atoms with Crippen LogP contribution < -0.4 is 10.1 Å². The number of amides is 1. The van der Waals surface area contributed by atoms with E-state index in [4.69, 9.17) is 4.74 Å². The lowest BCUT2D eigenvalue weighted by Gasteiger charge is -2.32. The van der Waals surface area contributed by atoms with Crippen molar-refractivity contribution in [2.75, 3.05) is 39.3 Å². The molecule has 144 valence electrons. The third-order valence-corrected chi connectivity index (χ3v) is 6.10. The van der Waals surface area contributed by atoms with Crippen LogP contribution in [-0.2, 0) is 6.61 Å². The summed E-state index contributed by atoms with van der Waals surface area (Å²) in [5.41, 5.74) is 1.55. The molecule has 1 N–H and O–H groups in total. The molecule has 3 heterocycles. The molecule has 1 amide bonds. The monoisotopic (exact) mass is 386 g/mol. The highest BCUT2D eigenvalue weighted by atomic mass is 32.1. The SMILES string of the molecule is Cc1nc(COc2ccccc2C(=O)N2CCC(N3CCNCC3)C2)cs1. The minimum absolute atomic E-state index is 0.0673. The molecule has 27 heavy (non-hydrogen) atoms. The number of hydrogen-bond donors (Lipinski definition) is 1. The number of aryl methyl sites for hydroxylation is 1. The summed E-state index contributed by atoms with van der Waals surface area (Å²) in [5.74, 6) is 0.705. The van der Waals surface area contributed by atoms with E-state index < -0.39 is 0 Å². The van der Waals surface area contributed by atoms with E-state index >= 15 is 0 Å². The van der Waals surface area contributed by atoms with E-state index in [1.165, 1.54) is 0 Å². The van der Waals surface area contributed by atoms with Gasteiger partial charge in [0.2, 0.25) is 0 Å². The molecule has 2 aliphatic rings. The zero-order valence-electron chi connectivity index (χ0n) is 15.7. The van der Waals surface area contributed by atoms with E-state index in [-0.39, 0.29) is 5.91 Å². The predicted molar refractivity (Wildman–Crippen MR) is 106 cm³/mol. The fourth-order valence-electron chi connectivity index (χ4n) is 3.84. The predicted octanol–water partition coefficient (Wildman–Crippen LogP) is 2.15. The lowest BCUT2D eigenvalue weighted by molar-refractivity contribution is 0.0768. The lowest BCUT2D eigenvalue weighted by Crippen LogP contribution is -2.49. The van der Waals surface area contributed by atoms with Crippen molar-refractivity contribution in [2.24, 2.45) is 0 Å². The minimum atomic E-state index is 0.0673. The summed E-state index contributed by atoms with van der Waals surface area (Å²) >= 11 is 1.61. The molecule has 0 saturated carbocycles. The molecule has 6 nitrogen and oxygen atoms in total. The molecule has 4 rings (SSSR count). The van der Waals surface area contributed by atoms with Crippen molar-refractivity contribution in [3.05, 3.63) is 45.9 Å². The molecular weight excluding hydrogens is 360 g/mol. The van der Waals surface area contributed by atoms with Crippen LogP contribution >= 0.6 is 11.3 Å². The molecule has 1 unspecified atom stereocenters. The molecule has 1 aromatic carbocycles. The van der Waals surface area contributed by atoms with Gasteiger partial charge in [0.25, 0.3) is 5.91 Å². The Hall–Kier alpha value is -1.96. The number of carbonyl (C=O) groups excluding carboxylic acids is 1. The maximum atomic E-state index is 13.1. The van der Waals surface area contributed by atoms with Crippen LogP contribution in [0.3, 0.4) is 0 Å². The normalized spacial score (nSPS) is 20.8. The molecule has 1 aromatic heterocycles. The quantitative estimate of drug-likeness (QED) is 0.853. The standard InChI is InChI=1S/C20H26N4O2S/c1-15-22-16(14-27-15)13-26-19-5-3-2-4-18(19)20(25)24-9-6-17(12-24)23-10-7-21-8-11-23/h2-5,14,17,21H,6-13H2,1H3. The number of carbonyl (C=O) groups is 1. The van der Waals surface area contributed by atoms with E-state index in [0.717, 1.165) is 56.4 Å². The highest BCUT2D eigenvalue weighted by molar-refractivity contribution is 7.09. The van der Waals surface area contributed by atoms with Gasteiger partial charge in [0.1, 0.15) is 12.4 Å². The Labute approximate surface area is 164 Å². The van der Waals surface area contributed by atoms with Crippen LogP contribution in [0.15, 0.2) is 29.6 Å². The van der Waals surface area contributed by atoms with Crippen molar-refractivity contribution >= 4 is 17.2 Å². The zero-order chi connectivity index (χ0) is 18.6. The first-order valence-electron chi connectivity index (χ1n) is 9.57. The second-order valence-electron chi connectivity index (χ2n) is 7.12. The van der Waals surface area contributed by atoms with E-state index in [2.05, 4.69) is 15.2 Å². The summed E-state index contributed by atoms with van der Waals surface area (Å²) < 4.78 is 5.94. The van der Waals surface area contributed by atoms with E-state index in [0.29, 0.717) is 24.0 Å². The van der Waals surface area contributed by atoms with Crippen LogP contribution in [0.4, 0.5) is 0 Å². The maximum Gasteiger partial charge on any atom is 0.257 e. The summed E-state index contributed by atoms with van der Waals surface area (Å²) in [6.45, 7) is 8.20. The molecule has 0 aliphatic carbocycles. The molecular formula is C20H26N4O2S. The number of likely N-dealkylation sites (tertiary alicyclic amines) is 1. The van der Waals surface area contributed by atoms with Crippen molar-refractivity contribution < 1.29 is 9.53 Å². The van der Waals surface area contributed by atoms with Gasteiger partial charge in [-0.25, -0.2) is 4.98 Å². The van der Waals surface area contributed by atoms with Crippen molar-refractivity contribution in [3.8, 4) is 5.75 Å². The van der Waals surface area contributed by atoms with Gasteiger partial charge in [0, 0.05) is 50.7 Å². The topological polar surface area (TPSA) is 57.7 Å². The van der Waals surface area contributed by atoms with Crippen molar-refractivity contribution in [1.82, 2.24) is 20.1 Å². The second-order valence-corrected chi connectivity index (χ2v) is 8.18. The smallest absolute Gasteiger partial charge is 0.257 e. The maximum absolute atomic E-state index is 13.1. The zero-order valence-corrected chi connectivity index (χ0v) is 16.5. The fraction of sp³-hybridized carbons (Fsp3) is 0.500. The van der Waals surface area contributed by atoms with Crippen LogP contribution in [0.1, 0.15) is 27.5 Å². The Morgan fingerprint density at radius 3 is 2.89 bits per heavy atom. The number of hydrogen-bond acceptors (Lipinski definition) is 6. The van der Waals surface area contributed by atoms with Crippen LogP contribution in [-0.4, -0.2) is 66.0 Å². The van der Waals surface area contributed by atoms with Crippen LogP contribution in [0.5, 0.6) is 5.75 Å². The lowest BCUT2D eigenvalue weighted by atomic mass is 10.1. The fourth-order valence-corrected chi connectivity index (χ4v) is 4.43. The Morgan fingerprint density at radius 1 is 1.30 bits per heavy atom. The first-order valence-corrected chi connectivity index (χ1v) is 10.5. The van der Waals surface area contributed by atoms with Crippen molar-refractivity contribution in [1.29, 1.82) is 0 Å². The largest absolute Gasteiger partial charge is 0.486 e. The first-order chi connectivity index (χ1) is 13.2. The molecule has 2 fully saturated rings. The molecule has 2 saturated heterocycles. The van der Waals surface area contributed by atoms with Gasteiger partial charge in [-0.2, -0.15) is 0 Å². The third-order valence-electron chi connectivity index (χ3n) is 5.28. The number of ether oxygens (including phenoxy) is 1. The van der Waals surface area contributed by atoms with Crippen LogP contribution in [0.2, 0.25) is 0 Å². The number of rotatable bonds is 5. The number of para-hydroxylation sites is 1. The van der Waals surface area contributed by atoms with Gasteiger partial charge in [-0.3, -0.25) is 9.69 Å². The van der Waals surface area contributed by atoms with E-state index in [1.807, 2.05) is 41.5 Å². The number of nitrogens with zero attached hydrogens (tertiary/aromatic N) is 3. The summed E-state index contributed by atoms with van der Waals surface area (Å²) in [6.07, 6.45) is 1.05. The van der Waals surface area contributed by atoms with Gasteiger partial charge in [-0.05, 0) is 25.5 Å². The summed E-state index contributed by atoms with van der Waals surface area (Å²) in [5, 5.41) is 6.41. The highest BCUT2D eigenvalue weighted by Gasteiger charge is 2.32. The molecule has 0 radical (unpaired) electrons. The van der Waals surface area contributed by atoms with Gasteiger partial charge in [-0.1, -0.05) is 12.1 Å². The molecule has 7 heteroatoms. The average Bonchev–Trinajstić information content (AvgIpc) is 3.36. The van der Waals surface area contributed by atoms with Crippen molar-refractivity contribution in [3.63, 3.8) is 0 Å². The molecule has 0 spiro atoms. The summed E-state index contributed by atoms with van der Waals surface area (Å²) in [4.78, 5) is 22.0. The van der Waals surface area contributed by atoms with Gasteiger partial charge < -0.3 is 15.0 Å². The Morgan fingerprint density at radius 2 is 2.11 bits per heavy atom. The third kappa shape index (κ3) is 4.31. The summed E-state index contributed by atoms with van der Waals surface area (Å²) in [6, 6.07) is 8.02. The molecule has 1 atom stereocenters. The summed E-state index contributed by atoms with van der Waals surface area (Å²) in [7, 11) is 0. The molecule has 0 bridgehead atoms. The minimum Gasteiger partial charge on any atom is -0.486 e. The van der Waals surface area contributed by atoms with Gasteiger partial charge in [0.15, 0.2) is 0 Å². The molecule has 2 aliphatic heterocycles. The number of piperazine rings is 1. The van der Waals surface area contributed by atoms with E-state index in [1.54, 1.807) is 11.3 Å². The number of thiazole rings is 1. The second kappa shape index (κ2) is 8.37. The van der Waals surface area contributed by atoms with E-state index in [9.17, 15) is 4.79 Å². The first kappa shape index (κ1) is 18.4. The van der Waals surface area contributed by atoms with Crippen LogP contribution in [0.25, 0.3) is 0 Å². The Kier molecular flexibility index (Phi) is 5.71. The number of nitrogens with one attached hydrogen (secondary N) is 1. The van der Waals surface area contributed by atoms with Gasteiger partial charge >= 0.3 is 0 Å². The van der Waals surface area contributed by atoms with Gasteiger partial charge in [0.05, 0.1) is 16.3 Å². The number of aromatic nitrogens is 1. The van der Waals surface area contributed by atoms with Crippen LogP contribution in [0, 0.1) is 6.92 Å².